The molecule has 1 saturated heterocycles. The lowest BCUT2D eigenvalue weighted by molar-refractivity contribution is -0.146. The summed E-state index contributed by atoms with van der Waals surface area (Å²) in [6, 6.07) is 7.71. The molecule has 108 valence electrons. The van der Waals surface area contributed by atoms with Crippen molar-refractivity contribution in [3.63, 3.8) is 0 Å². The molecule has 1 aliphatic heterocycles. The van der Waals surface area contributed by atoms with Crippen LogP contribution in [-0.2, 0) is 4.79 Å². The number of carbonyl (C=O) groups is 1. The number of likely N-dealkylation sites (tertiary alicyclic amines) is 1. The van der Waals surface area contributed by atoms with Gasteiger partial charge >= 0.3 is 0 Å². The fourth-order valence-corrected chi connectivity index (χ4v) is 2.20. The molecule has 0 aromatic heterocycles. The van der Waals surface area contributed by atoms with E-state index < -0.39 is 0 Å². The predicted molar refractivity (Wildman–Crippen MR) is 78.0 cm³/mol. The lowest BCUT2D eigenvalue weighted by atomic mass is 10.0. The van der Waals surface area contributed by atoms with Crippen molar-refractivity contribution >= 4 is 5.91 Å². The number of carbonyl (C=O) groups excluding carboxylic acids is 1. The monoisotopic (exact) mass is 275 g/mol. The first-order chi connectivity index (χ1) is 9.76. The van der Waals surface area contributed by atoms with Crippen molar-refractivity contribution in [2.45, 2.75) is 25.8 Å². The largest absolute Gasteiger partial charge is 0.493 e. The number of β-lactam (4-membered cyclic amide) rings is 1. The lowest BCUT2D eigenvalue weighted by Gasteiger charge is -2.39. The van der Waals surface area contributed by atoms with Crippen LogP contribution >= 0.6 is 0 Å². The highest BCUT2D eigenvalue weighted by Crippen LogP contribution is 2.27. The number of hydrogen-bond acceptors (Lipinski definition) is 3. The SMILES string of the molecule is CC/C=C\CN1C(=O)C[C@@H]1COc1ccccc1OC. The van der Waals surface area contributed by atoms with Gasteiger partial charge in [-0.3, -0.25) is 4.79 Å². The molecule has 0 bridgehead atoms. The van der Waals surface area contributed by atoms with E-state index in [0.29, 0.717) is 19.6 Å². The molecular weight excluding hydrogens is 254 g/mol. The van der Waals surface area contributed by atoms with E-state index in [9.17, 15) is 4.79 Å². The smallest absolute Gasteiger partial charge is 0.225 e. The van der Waals surface area contributed by atoms with Gasteiger partial charge in [-0.15, -0.1) is 0 Å². The van der Waals surface area contributed by atoms with Crippen molar-refractivity contribution < 1.29 is 14.3 Å². The summed E-state index contributed by atoms with van der Waals surface area (Å²) in [5.74, 6) is 1.63. The summed E-state index contributed by atoms with van der Waals surface area (Å²) in [6.07, 6.45) is 5.66. The van der Waals surface area contributed by atoms with Crippen molar-refractivity contribution in [2.75, 3.05) is 20.3 Å². The molecule has 1 aromatic carbocycles. The van der Waals surface area contributed by atoms with Gasteiger partial charge < -0.3 is 14.4 Å². The highest BCUT2D eigenvalue weighted by molar-refractivity contribution is 5.83. The standard InChI is InChI=1S/C16H21NO3/c1-3-4-7-10-17-13(11-16(17)18)12-20-15-9-6-5-8-14(15)19-2/h4-9,13H,3,10-12H2,1-2H3/b7-4-/t13-/m1/s1. The third kappa shape index (κ3) is 3.32. The summed E-state index contributed by atoms with van der Waals surface area (Å²) in [6.45, 7) is 3.26. The van der Waals surface area contributed by atoms with Crippen LogP contribution in [0.25, 0.3) is 0 Å². The third-order valence-electron chi connectivity index (χ3n) is 3.38. The van der Waals surface area contributed by atoms with E-state index in [1.54, 1.807) is 7.11 Å². The average Bonchev–Trinajstić information content (AvgIpc) is 2.48. The zero-order chi connectivity index (χ0) is 14.4. The fraction of sp³-hybridized carbons (Fsp3) is 0.438. The van der Waals surface area contributed by atoms with E-state index in [1.165, 1.54) is 0 Å². The molecule has 0 saturated carbocycles. The Morgan fingerprint density at radius 3 is 2.70 bits per heavy atom. The van der Waals surface area contributed by atoms with Gasteiger partial charge in [0.15, 0.2) is 11.5 Å². The van der Waals surface area contributed by atoms with Gasteiger partial charge in [0, 0.05) is 6.54 Å². The molecule has 0 N–H and O–H groups in total. The summed E-state index contributed by atoms with van der Waals surface area (Å²) in [5, 5.41) is 0. The number of rotatable bonds is 7. The molecule has 20 heavy (non-hydrogen) atoms. The minimum Gasteiger partial charge on any atom is -0.493 e. The fourth-order valence-electron chi connectivity index (χ4n) is 2.20. The molecule has 0 unspecified atom stereocenters. The van der Waals surface area contributed by atoms with Gasteiger partial charge in [0.1, 0.15) is 6.61 Å². The topological polar surface area (TPSA) is 38.8 Å². The van der Waals surface area contributed by atoms with Gasteiger partial charge in [-0.05, 0) is 18.6 Å². The van der Waals surface area contributed by atoms with Crippen LogP contribution in [0.5, 0.6) is 11.5 Å². The van der Waals surface area contributed by atoms with E-state index in [2.05, 4.69) is 13.0 Å². The number of ether oxygens (including phenoxy) is 2. The average molecular weight is 275 g/mol. The van der Waals surface area contributed by atoms with Crippen molar-refractivity contribution in [1.82, 2.24) is 4.90 Å². The van der Waals surface area contributed by atoms with E-state index in [1.807, 2.05) is 35.2 Å². The van der Waals surface area contributed by atoms with Crippen LogP contribution < -0.4 is 9.47 Å². The van der Waals surface area contributed by atoms with Crippen LogP contribution in [0.15, 0.2) is 36.4 Å². The Labute approximate surface area is 120 Å². The van der Waals surface area contributed by atoms with Crippen molar-refractivity contribution in [3.8, 4) is 11.5 Å². The third-order valence-corrected chi connectivity index (χ3v) is 3.38. The second kappa shape index (κ2) is 6.98. The van der Waals surface area contributed by atoms with Crippen LogP contribution in [0.1, 0.15) is 19.8 Å². The Morgan fingerprint density at radius 1 is 1.30 bits per heavy atom. The Balaban J connectivity index is 1.87. The molecule has 1 heterocycles. The molecule has 2 rings (SSSR count). The van der Waals surface area contributed by atoms with Crippen LogP contribution in [0.3, 0.4) is 0 Å². The maximum Gasteiger partial charge on any atom is 0.225 e. The highest BCUT2D eigenvalue weighted by Gasteiger charge is 2.35. The van der Waals surface area contributed by atoms with E-state index >= 15 is 0 Å². The predicted octanol–water partition coefficient (Wildman–Crippen LogP) is 2.64. The summed E-state index contributed by atoms with van der Waals surface area (Å²) < 4.78 is 11.0. The molecule has 4 nitrogen and oxygen atoms in total. The Morgan fingerprint density at radius 2 is 2.05 bits per heavy atom. The van der Waals surface area contributed by atoms with Crippen LogP contribution in [0, 0.1) is 0 Å². The first-order valence-corrected chi connectivity index (χ1v) is 6.96. The summed E-state index contributed by atoms with van der Waals surface area (Å²) in [5.41, 5.74) is 0. The number of amides is 1. The first-order valence-electron chi connectivity index (χ1n) is 6.96. The quantitative estimate of drug-likeness (QED) is 0.567. The highest BCUT2D eigenvalue weighted by atomic mass is 16.5. The maximum atomic E-state index is 11.6. The van der Waals surface area contributed by atoms with Crippen molar-refractivity contribution in [3.05, 3.63) is 36.4 Å². The van der Waals surface area contributed by atoms with Crippen LogP contribution in [-0.4, -0.2) is 37.1 Å². The number of methoxy groups -OCH3 is 1. The van der Waals surface area contributed by atoms with E-state index in [-0.39, 0.29) is 11.9 Å². The number of nitrogens with zero attached hydrogens (tertiary/aromatic N) is 1. The number of para-hydroxylation sites is 2. The Hall–Kier alpha value is -1.97. The zero-order valence-electron chi connectivity index (χ0n) is 12.0. The Bertz CT molecular complexity index is 484. The minimum atomic E-state index is 0.161. The maximum absolute atomic E-state index is 11.6. The molecule has 4 heteroatoms. The zero-order valence-corrected chi connectivity index (χ0v) is 12.0. The molecular formula is C16H21NO3. The van der Waals surface area contributed by atoms with E-state index in [4.69, 9.17) is 9.47 Å². The van der Waals surface area contributed by atoms with Gasteiger partial charge in [-0.25, -0.2) is 0 Å². The molecule has 1 aromatic rings. The summed E-state index contributed by atoms with van der Waals surface area (Å²) in [4.78, 5) is 13.4. The normalized spacial score (nSPS) is 18.2. The molecule has 0 spiro atoms. The molecule has 0 aliphatic carbocycles. The van der Waals surface area contributed by atoms with Crippen molar-refractivity contribution in [2.24, 2.45) is 0 Å². The van der Waals surface area contributed by atoms with Gasteiger partial charge in [-0.2, -0.15) is 0 Å². The number of benzene rings is 1. The van der Waals surface area contributed by atoms with Gasteiger partial charge in [-0.1, -0.05) is 31.2 Å². The Kier molecular flexibility index (Phi) is 5.04. The van der Waals surface area contributed by atoms with Crippen LogP contribution in [0.4, 0.5) is 0 Å². The molecule has 0 radical (unpaired) electrons. The molecule has 1 aliphatic rings. The van der Waals surface area contributed by atoms with Gasteiger partial charge in [0.25, 0.3) is 0 Å². The van der Waals surface area contributed by atoms with Gasteiger partial charge in [0.2, 0.25) is 5.91 Å². The second-order valence-electron chi connectivity index (χ2n) is 4.75. The van der Waals surface area contributed by atoms with Gasteiger partial charge in [0.05, 0.1) is 19.6 Å². The van der Waals surface area contributed by atoms with E-state index in [0.717, 1.165) is 17.9 Å². The molecule has 1 atom stereocenters. The summed E-state index contributed by atoms with van der Waals surface area (Å²) in [7, 11) is 1.62. The van der Waals surface area contributed by atoms with Crippen molar-refractivity contribution in [1.29, 1.82) is 0 Å². The minimum absolute atomic E-state index is 0.161. The molecule has 1 amide bonds. The first kappa shape index (κ1) is 14.4. The van der Waals surface area contributed by atoms with Crippen LogP contribution in [0.2, 0.25) is 0 Å². The molecule has 1 fully saturated rings. The number of hydrogen-bond donors (Lipinski definition) is 0. The summed E-state index contributed by atoms with van der Waals surface area (Å²) >= 11 is 0. The number of allylic oxidation sites excluding steroid dienone is 1. The lowest BCUT2D eigenvalue weighted by Crippen LogP contribution is -2.55. The second-order valence-corrected chi connectivity index (χ2v) is 4.75.